The molecule has 1 atom stereocenters. The molecule has 0 aliphatic carbocycles. The Balaban J connectivity index is 2.31. The topological polar surface area (TPSA) is 66.6 Å². The van der Waals surface area contributed by atoms with Crippen molar-refractivity contribution in [3.05, 3.63) is 17.0 Å². The Labute approximate surface area is 104 Å². The summed E-state index contributed by atoms with van der Waals surface area (Å²) in [5.74, 6) is 1.74. The molecule has 0 bridgehead atoms. The Morgan fingerprint density at radius 2 is 2.12 bits per heavy atom. The van der Waals surface area contributed by atoms with Crippen molar-refractivity contribution in [2.45, 2.75) is 19.9 Å². The van der Waals surface area contributed by atoms with Gasteiger partial charge in [-0.15, -0.1) is 0 Å². The largest absolute Gasteiger partial charge is 0.480 e. The number of carboxylic acids is 1. The number of hydrogen-bond acceptors (Lipinski definition) is 5. The Hall–Kier alpha value is -1.01. The van der Waals surface area contributed by atoms with E-state index in [0.29, 0.717) is 17.0 Å². The molecule has 1 aromatic rings. The maximum Gasteiger partial charge on any atom is 0.325 e. The summed E-state index contributed by atoms with van der Waals surface area (Å²) in [4.78, 5) is 13.5. The van der Waals surface area contributed by atoms with Crippen LogP contribution in [0.3, 0.4) is 0 Å². The number of aryl methyl sites for hydroxylation is 2. The Morgan fingerprint density at radius 1 is 1.47 bits per heavy atom. The number of carbonyl (C=O) groups is 1. The first kappa shape index (κ1) is 12.4. The summed E-state index contributed by atoms with van der Waals surface area (Å²) in [5.41, 5.74) is 1.39. The van der Waals surface area contributed by atoms with E-state index in [1.807, 2.05) is 16.7 Å². The van der Waals surface area contributed by atoms with Crippen molar-refractivity contribution in [1.82, 2.24) is 10.1 Å². The lowest BCUT2D eigenvalue weighted by atomic mass is 10.0. The first-order valence-corrected chi connectivity index (χ1v) is 6.74. The van der Waals surface area contributed by atoms with Crippen molar-refractivity contribution >= 4 is 17.7 Å². The van der Waals surface area contributed by atoms with Gasteiger partial charge in [-0.1, -0.05) is 5.16 Å². The second kappa shape index (κ2) is 5.10. The third kappa shape index (κ3) is 2.47. The highest BCUT2D eigenvalue weighted by molar-refractivity contribution is 7.99. The number of thioether (sulfide) groups is 1. The van der Waals surface area contributed by atoms with Crippen LogP contribution in [-0.2, 0) is 4.79 Å². The number of aliphatic carboxylic acids is 1. The van der Waals surface area contributed by atoms with Crippen LogP contribution in [0.25, 0.3) is 0 Å². The normalized spacial score (nSPS) is 19.2. The number of nitrogens with zero attached hydrogens (tertiary/aromatic N) is 2. The van der Waals surface area contributed by atoms with E-state index in [1.54, 1.807) is 13.8 Å². The molecule has 2 heterocycles. The van der Waals surface area contributed by atoms with Crippen molar-refractivity contribution in [3.8, 4) is 0 Å². The van der Waals surface area contributed by atoms with E-state index < -0.39 is 12.0 Å². The molecule has 0 amide bonds. The second-order valence-electron chi connectivity index (χ2n) is 4.13. The summed E-state index contributed by atoms with van der Waals surface area (Å²) < 4.78 is 5.07. The zero-order valence-electron chi connectivity index (χ0n) is 9.97. The lowest BCUT2D eigenvalue weighted by molar-refractivity contribution is -0.143. The van der Waals surface area contributed by atoms with E-state index in [2.05, 4.69) is 5.16 Å². The summed E-state index contributed by atoms with van der Waals surface area (Å²) in [6.45, 7) is 5.15. The van der Waals surface area contributed by atoms with Gasteiger partial charge in [0.1, 0.15) is 11.8 Å². The maximum absolute atomic E-state index is 11.5. The van der Waals surface area contributed by atoms with Gasteiger partial charge in [0.25, 0.3) is 0 Å². The minimum absolute atomic E-state index is 0.605. The molecule has 1 unspecified atom stereocenters. The van der Waals surface area contributed by atoms with Crippen molar-refractivity contribution in [3.63, 3.8) is 0 Å². The van der Waals surface area contributed by atoms with Gasteiger partial charge in [0.05, 0.1) is 5.69 Å². The third-order valence-corrected chi connectivity index (χ3v) is 3.95. The molecule has 1 saturated heterocycles. The Bertz CT molecular complexity index is 393. The van der Waals surface area contributed by atoms with Gasteiger partial charge in [0.2, 0.25) is 0 Å². The fourth-order valence-corrected chi connectivity index (χ4v) is 3.11. The van der Waals surface area contributed by atoms with Gasteiger partial charge in [-0.05, 0) is 13.8 Å². The molecule has 0 radical (unpaired) electrons. The maximum atomic E-state index is 11.5. The molecule has 17 heavy (non-hydrogen) atoms. The van der Waals surface area contributed by atoms with Gasteiger partial charge >= 0.3 is 5.97 Å². The average molecular weight is 256 g/mol. The van der Waals surface area contributed by atoms with Gasteiger partial charge in [-0.25, -0.2) is 0 Å². The number of rotatable bonds is 3. The second-order valence-corrected chi connectivity index (χ2v) is 5.35. The number of hydrogen-bond donors (Lipinski definition) is 1. The zero-order chi connectivity index (χ0) is 12.4. The van der Waals surface area contributed by atoms with Gasteiger partial charge in [0, 0.05) is 30.2 Å². The third-order valence-electron chi connectivity index (χ3n) is 3.01. The van der Waals surface area contributed by atoms with Crippen LogP contribution in [0.2, 0.25) is 0 Å². The van der Waals surface area contributed by atoms with E-state index in [4.69, 9.17) is 4.52 Å². The molecule has 1 aromatic heterocycles. The van der Waals surface area contributed by atoms with Crippen molar-refractivity contribution < 1.29 is 14.4 Å². The molecule has 6 heteroatoms. The lowest BCUT2D eigenvalue weighted by Crippen LogP contribution is -2.40. The molecule has 1 aliphatic rings. The lowest BCUT2D eigenvalue weighted by Gasteiger charge is -2.31. The first-order chi connectivity index (χ1) is 8.11. The molecule has 0 aromatic carbocycles. The predicted octanol–water partition coefficient (Wildman–Crippen LogP) is 1.47. The van der Waals surface area contributed by atoms with E-state index >= 15 is 0 Å². The predicted molar refractivity (Wildman–Crippen MR) is 65.3 cm³/mol. The standard InChI is InChI=1S/C11H16N2O3S/c1-7-9(8(2)16-12-7)10(11(14)15)13-3-5-17-6-4-13/h10H,3-6H2,1-2H3,(H,14,15). The van der Waals surface area contributed by atoms with Crippen molar-refractivity contribution in [2.24, 2.45) is 0 Å². The number of aromatic nitrogens is 1. The zero-order valence-corrected chi connectivity index (χ0v) is 10.8. The SMILES string of the molecule is Cc1noc(C)c1C(C(=O)O)N1CCSCC1. The quantitative estimate of drug-likeness (QED) is 0.883. The Kier molecular flexibility index (Phi) is 3.73. The summed E-state index contributed by atoms with van der Waals surface area (Å²) in [6.07, 6.45) is 0. The molecule has 2 rings (SSSR count). The summed E-state index contributed by atoms with van der Waals surface area (Å²) in [7, 11) is 0. The number of carboxylic acid groups (broad SMARTS) is 1. The van der Waals surface area contributed by atoms with Crippen LogP contribution < -0.4 is 0 Å². The molecule has 1 N–H and O–H groups in total. The van der Waals surface area contributed by atoms with E-state index in [-0.39, 0.29) is 0 Å². The average Bonchev–Trinajstić information content (AvgIpc) is 2.62. The molecule has 0 saturated carbocycles. The van der Waals surface area contributed by atoms with Crippen LogP contribution >= 0.6 is 11.8 Å². The Morgan fingerprint density at radius 3 is 2.59 bits per heavy atom. The molecule has 1 fully saturated rings. The highest BCUT2D eigenvalue weighted by atomic mass is 32.2. The monoisotopic (exact) mass is 256 g/mol. The van der Waals surface area contributed by atoms with Crippen LogP contribution in [-0.4, -0.2) is 45.7 Å². The van der Waals surface area contributed by atoms with Crippen LogP contribution in [0.1, 0.15) is 23.1 Å². The highest BCUT2D eigenvalue weighted by Crippen LogP contribution is 2.29. The molecule has 0 spiro atoms. The fourth-order valence-electron chi connectivity index (χ4n) is 2.18. The minimum atomic E-state index is -0.827. The van der Waals surface area contributed by atoms with E-state index in [1.165, 1.54) is 0 Å². The first-order valence-electron chi connectivity index (χ1n) is 5.58. The van der Waals surface area contributed by atoms with Gasteiger partial charge in [-0.3, -0.25) is 9.69 Å². The summed E-state index contributed by atoms with van der Waals surface area (Å²) >= 11 is 1.86. The van der Waals surface area contributed by atoms with Gasteiger partial charge < -0.3 is 9.63 Å². The van der Waals surface area contributed by atoms with E-state index in [0.717, 1.165) is 24.6 Å². The van der Waals surface area contributed by atoms with Crippen molar-refractivity contribution in [2.75, 3.05) is 24.6 Å². The van der Waals surface area contributed by atoms with Gasteiger partial charge in [-0.2, -0.15) is 11.8 Å². The summed E-state index contributed by atoms with van der Waals surface area (Å²) in [6, 6.07) is -0.623. The molecule has 5 nitrogen and oxygen atoms in total. The summed E-state index contributed by atoms with van der Waals surface area (Å²) in [5, 5.41) is 13.3. The van der Waals surface area contributed by atoms with Crippen molar-refractivity contribution in [1.29, 1.82) is 0 Å². The van der Waals surface area contributed by atoms with Crippen LogP contribution in [0.4, 0.5) is 0 Å². The minimum Gasteiger partial charge on any atom is -0.480 e. The molecular formula is C11H16N2O3S. The fraction of sp³-hybridized carbons (Fsp3) is 0.636. The van der Waals surface area contributed by atoms with Gasteiger partial charge in [0.15, 0.2) is 0 Å². The molecule has 1 aliphatic heterocycles. The van der Waals surface area contributed by atoms with Crippen LogP contribution in [0.15, 0.2) is 4.52 Å². The smallest absolute Gasteiger partial charge is 0.325 e. The van der Waals surface area contributed by atoms with E-state index in [9.17, 15) is 9.90 Å². The van der Waals surface area contributed by atoms with Crippen LogP contribution in [0, 0.1) is 13.8 Å². The van der Waals surface area contributed by atoms with Crippen LogP contribution in [0.5, 0.6) is 0 Å². The molecule has 94 valence electrons. The highest BCUT2D eigenvalue weighted by Gasteiger charge is 2.33. The molecular weight excluding hydrogens is 240 g/mol.